The Labute approximate surface area is 164 Å². The van der Waals surface area contributed by atoms with Crippen LogP contribution in [0.15, 0.2) is 47.1 Å². The van der Waals surface area contributed by atoms with Crippen LogP contribution in [0.4, 0.5) is 24.7 Å². The molecule has 1 N–H and O–H groups in total. The Bertz CT molecular complexity index is 1190. The van der Waals surface area contributed by atoms with Crippen LogP contribution in [0, 0.1) is 10.1 Å². The standard InChI is InChI=1S/C17H10F3N5O3S/c18-17(19,20)13-7-11-14(21-8-9-2-1-3-10(6-9)25(26)27)23-15(24-16(11)29-13)12-4-5-22-28-12/h1-7H,8H2,(H,21,23,24). The molecule has 0 aliphatic heterocycles. The molecule has 0 unspecified atom stereocenters. The summed E-state index contributed by atoms with van der Waals surface area (Å²) in [5, 5.41) is 17.6. The van der Waals surface area contributed by atoms with Crippen molar-refractivity contribution in [3.05, 3.63) is 63.1 Å². The Morgan fingerprint density at radius 2 is 2.03 bits per heavy atom. The number of nitro benzene ring substituents is 1. The Kier molecular flexibility index (Phi) is 4.62. The highest BCUT2D eigenvalue weighted by Crippen LogP contribution is 2.40. The number of halogens is 3. The van der Waals surface area contributed by atoms with Crippen LogP contribution in [0.25, 0.3) is 21.8 Å². The van der Waals surface area contributed by atoms with Gasteiger partial charge in [-0.2, -0.15) is 13.2 Å². The number of aromatic nitrogens is 3. The first-order valence-corrected chi connectivity index (χ1v) is 8.90. The molecule has 148 valence electrons. The van der Waals surface area contributed by atoms with E-state index in [1.807, 2.05) is 0 Å². The van der Waals surface area contributed by atoms with Crippen LogP contribution in [0.5, 0.6) is 0 Å². The molecule has 0 amide bonds. The zero-order chi connectivity index (χ0) is 20.6. The van der Waals surface area contributed by atoms with E-state index in [9.17, 15) is 23.3 Å². The number of anilines is 1. The van der Waals surface area contributed by atoms with Gasteiger partial charge >= 0.3 is 6.18 Å². The first kappa shape index (κ1) is 18.8. The van der Waals surface area contributed by atoms with Gasteiger partial charge in [-0.25, -0.2) is 9.97 Å². The Balaban J connectivity index is 1.74. The van der Waals surface area contributed by atoms with Gasteiger partial charge in [-0.1, -0.05) is 17.3 Å². The molecule has 0 bridgehead atoms. The second-order valence-electron chi connectivity index (χ2n) is 5.88. The van der Waals surface area contributed by atoms with Crippen molar-refractivity contribution in [1.29, 1.82) is 0 Å². The van der Waals surface area contributed by atoms with Gasteiger partial charge < -0.3 is 9.84 Å². The zero-order valence-electron chi connectivity index (χ0n) is 14.3. The highest BCUT2D eigenvalue weighted by molar-refractivity contribution is 7.18. The predicted molar refractivity (Wildman–Crippen MR) is 98.3 cm³/mol. The first-order valence-electron chi connectivity index (χ1n) is 8.08. The molecule has 0 aliphatic rings. The quantitative estimate of drug-likeness (QED) is 0.361. The Morgan fingerprint density at radius 1 is 1.21 bits per heavy atom. The van der Waals surface area contributed by atoms with E-state index in [1.54, 1.807) is 6.07 Å². The van der Waals surface area contributed by atoms with Gasteiger partial charge in [-0.3, -0.25) is 10.1 Å². The van der Waals surface area contributed by atoms with Crippen LogP contribution in [0.2, 0.25) is 0 Å². The number of nitrogens with one attached hydrogen (secondary N) is 1. The van der Waals surface area contributed by atoms with E-state index in [2.05, 4.69) is 20.4 Å². The third kappa shape index (κ3) is 3.87. The average molecular weight is 421 g/mol. The number of hydrogen-bond acceptors (Lipinski definition) is 8. The van der Waals surface area contributed by atoms with Crippen LogP contribution < -0.4 is 5.32 Å². The van der Waals surface area contributed by atoms with E-state index < -0.39 is 16.0 Å². The summed E-state index contributed by atoms with van der Waals surface area (Å²) in [6.07, 6.45) is -3.15. The number of thiophene rings is 1. The molecule has 12 heteroatoms. The summed E-state index contributed by atoms with van der Waals surface area (Å²) in [6, 6.07) is 8.37. The summed E-state index contributed by atoms with van der Waals surface area (Å²) in [5.74, 6) is 0.430. The molecule has 0 saturated carbocycles. The number of rotatable bonds is 5. The molecular weight excluding hydrogens is 411 g/mol. The number of benzene rings is 1. The molecule has 0 saturated heterocycles. The normalized spacial score (nSPS) is 11.7. The molecule has 4 rings (SSSR count). The van der Waals surface area contributed by atoms with E-state index in [0.717, 1.165) is 6.07 Å². The topological polar surface area (TPSA) is 107 Å². The molecule has 3 aromatic heterocycles. The third-order valence-corrected chi connectivity index (χ3v) is 4.99. The summed E-state index contributed by atoms with van der Waals surface area (Å²) in [4.78, 5) is 18.1. The largest absolute Gasteiger partial charge is 0.425 e. The van der Waals surface area contributed by atoms with Crippen molar-refractivity contribution >= 4 is 33.1 Å². The van der Waals surface area contributed by atoms with E-state index in [4.69, 9.17) is 4.52 Å². The maximum absolute atomic E-state index is 13.2. The fraction of sp³-hybridized carbons (Fsp3) is 0.118. The summed E-state index contributed by atoms with van der Waals surface area (Å²) < 4.78 is 44.5. The van der Waals surface area contributed by atoms with Crippen molar-refractivity contribution < 1.29 is 22.6 Å². The number of hydrogen-bond donors (Lipinski definition) is 1. The van der Waals surface area contributed by atoms with Gasteiger partial charge in [0.2, 0.25) is 11.6 Å². The molecule has 0 atom stereocenters. The monoisotopic (exact) mass is 421 g/mol. The number of non-ortho nitro benzene ring substituents is 1. The zero-order valence-corrected chi connectivity index (χ0v) is 15.1. The summed E-state index contributed by atoms with van der Waals surface area (Å²) in [5.41, 5.74) is 0.479. The van der Waals surface area contributed by atoms with E-state index in [-0.39, 0.29) is 39.9 Å². The molecule has 29 heavy (non-hydrogen) atoms. The lowest BCUT2D eigenvalue weighted by molar-refractivity contribution is -0.384. The maximum Gasteiger partial charge on any atom is 0.425 e. The maximum atomic E-state index is 13.2. The van der Waals surface area contributed by atoms with Crippen LogP contribution in [-0.4, -0.2) is 20.0 Å². The van der Waals surface area contributed by atoms with E-state index >= 15 is 0 Å². The smallest absolute Gasteiger partial charge is 0.365 e. The molecule has 8 nitrogen and oxygen atoms in total. The number of fused-ring (bicyclic) bond motifs is 1. The lowest BCUT2D eigenvalue weighted by Crippen LogP contribution is -2.04. The van der Waals surface area contributed by atoms with Gasteiger partial charge in [0.15, 0.2) is 0 Å². The second-order valence-corrected chi connectivity index (χ2v) is 6.91. The fourth-order valence-electron chi connectivity index (χ4n) is 2.60. The van der Waals surface area contributed by atoms with Crippen LogP contribution >= 0.6 is 11.3 Å². The minimum Gasteiger partial charge on any atom is -0.365 e. The van der Waals surface area contributed by atoms with Gasteiger partial charge in [0.1, 0.15) is 15.5 Å². The van der Waals surface area contributed by atoms with E-state index in [1.165, 1.54) is 30.5 Å². The molecule has 0 aliphatic carbocycles. The molecular formula is C17H10F3N5O3S. The van der Waals surface area contributed by atoms with Gasteiger partial charge in [0.05, 0.1) is 16.5 Å². The molecule has 3 heterocycles. The van der Waals surface area contributed by atoms with Crippen molar-refractivity contribution in [3.63, 3.8) is 0 Å². The van der Waals surface area contributed by atoms with Gasteiger partial charge in [-0.15, -0.1) is 11.3 Å². The van der Waals surface area contributed by atoms with Crippen molar-refractivity contribution in [2.24, 2.45) is 0 Å². The highest BCUT2D eigenvalue weighted by Gasteiger charge is 2.34. The molecule has 0 spiro atoms. The molecule has 0 radical (unpaired) electrons. The number of alkyl halides is 3. The Morgan fingerprint density at radius 3 is 2.72 bits per heavy atom. The first-order chi connectivity index (χ1) is 13.8. The minimum absolute atomic E-state index is 0.0760. The summed E-state index contributed by atoms with van der Waals surface area (Å²) in [7, 11) is 0. The predicted octanol–water partition coefficient (Wildman–Crippen LogP) is 4.89. The van der Waals surface area contributed by atoms with Crippen LogP contribution in [-0.2, 0) is 12.7 Å². The highest BCUT2D eigenvalue weighted by atomic mass is 32.1. The number of nitro groups is 1. The Hall–Kier alpha value is -3.54. The lowest BCUT2D eigenvalue weighted by atomic mass is 10.2. The van der Waals surface area contributed by atoms with Crippen molar-refractivity contribution in [2.45, 2.75) is 12.7 Å². The van der Waals surface area contributed by atoms with Gasteiger partial charge in [-0.05, 0) is 11.6 Å². The minimum atomic E-state index is -4.52. The summed E-state index contributed by atoms with van der Waals surface area (Å²) >= 11 is 0.490. The van der Waals surface area contributed by atoms with Crippen LogP contribution in [0.1, 0.15) is 10.4 Å². The fourth-order valence-corrected chi connectivity index (χ4v) is 3.50. The van der Waals surface area contributed by atoms with Crippen molar-refractivity contribution in [3.8, 4) is 11.6 Å². The van der Waals surface area contributed by atoms with Gasteiger partial charge in [0, 0.05) is 24.7 Å². The second kappa shape index (κ2) is 7.13. The molecule has 4 aromatic rings. The van der Waals surface area contributed by atoms with E-state index in [0.29, 0.717) is 16.9 Å². The third-order valence-electron chi connectivity index (χ3n) is 3.91. The molecule has 0 fully saturated rings. The van der Waals surface area contributed by atoms with Gasteiger partial charge in [0.25, 0.3) is 5.69 Å². The molecule has 1 aromatic carbocycles. The average Bonchev–Trinajstić information content (AvgIpc) is 3.35. The lowest BCUT2D eigenvalue weighted by Gasteiger charge is -2.08. The SMILES string of the molecule is O=[N+]([O-])c1cccc(CNc2nc(-c3ccno3)nc3sc(C(F)(F)F)cc23)c1. The summed E-state index contributed by atoms with van der Waals surface area (Å²) in [6.45, 7) is 0.112. The van der Waals surface area contributed by atoms with Crippen molar-refractivity contribution in [1.82, 2.24) is 15.1 Å². The van der Waals surface area contributed by atoms with Crippen LogP contribution in [0.3, 0.4) is 0 Å². The number of nitrogens with zero attached hydrogens (tertiary/aromatic N) is 4. The van der Waals surface area contributed by atoms with Crippen molar-refractivity contribution in [2.75, 3.05) is 5.32 Å².